The first-order valence-electron chi connectivity index (χ1n) is 33.7. The molecule has 21 nitrogen and oxygen atoms in total. The van der Waals surface area contributed by atoms with Gasteiger partial charge < -0.3 is 39.6 Å². The molecule has 4 aliphatic carbocycles. The maximum Gasteiger partial charge on any atom is 0.339 e. The number of carbonyl (C=O) groups excluding carboxylic acids is 8. The second-order valence-electron chi connectivity index (χ2n) is 24.5. The van der Waals surface area contributed by atoms with Gasteiger partial charge in [0.05, 0.1) is 64.5 Å². The van der Waals surface area contributed by atoms with Gasteiger partial charge in [0.2, 0.25) is 0 Å². The number of benzene rings is 4. The number of aromatic nitrogens is 3. The van der Waals surface area contributed by atoms with E-state index in [1.165, 1.54) is 18.7 Å². The Bertz CT molecular complexity index is 4750. The van der Waals surface area contributed by atoms with Crippen molar-refractivity contribution >= 4 is 138 Å². The Balaban J connectivity index is 0.000000153. The number of hydrogen-bond acceptors (Lipinski definition) is 18. The average Bonchev–Trinajstić information content (AvgIpc) is 1.31. The molecular formula is C78H78N8O13S2. The number of imide groups is 2. The van der Waals surface area contributed by atoms with Crippen molar-refractivity contribution in [2.75, 3.05) is 27.3 Å². The number of methoxy groups -OCH3 is 2. The van der Waals surface area contributed by atoms with E-state index in [9.17, 15) is 38.4 Å². The predicted octanol–water partition coefficient (Wildman–Crippen LogP) is 13.7. The lowest BCUT2D eigenvalue weighted by Crippen LogP contribution is -2.44. The Kier molecular flexibility index (Phi) is 23.2. The Morgan fingerprint density at radius 1 is 0.475 bits per heavy atom. The molecule has 9 aromatic rings. The number of fused-ring (bicyclic) bond motifs is 6. The van der Waals surface area contributed by atoms with Crippen molar-refractivity contribution < 1.29 is 62.0 Å². The van der Waals surface area contributed by atoms with Crippen LogP contribution in [0.2, 0.25) is 0 Å². The second kappa shape index (κ2) is 32.8. The molecule has 1 saturated carbocycles. The first-order chi connectivity index (χ1) is 48.9. The Morgan fingerprint density at radius 2 is 0.881 bits per heavy atom. The van der Waals surface area contributed by atoms with E-state index in [0.717, 1.165) is 117 Å². The molecule has 7 amide bonds. The Labute approximate surface area is 592 Å². The summed E-state index contributed by atoms with van der Waals surface area (Å²) in [4.78, 5) is 117. The molecule has 0 spiro atoms. The first kappa shape index (κ1) is 71.4. The molecule has 0 bridgehead atoms. The molecule has 1 fully saturated rings. The Hall–Kier alpha value is -10.9. The number of urea groups is 2. The van der Waals surface area contributed by atoms with E-state index < -0.39 is 60.1 Å². The smallest absolute Gasteiger partial charge is 0.339 e. The molecule has 4 aromatic carbocycles. The third-order valence-corrected chi connectivity index (χ3v) is 19.0. The van der Waals surface area contributed by atoms with Gasteiger partial charge in [-0.3, -0.25) is 25.0 Å². The van der Waals surface area contributed by atoms with Crippen LogP contribution in [0.1, 0.15) is 160 Å². The van der Waals surface area contributed by atoms with Crippen molar-refractivity contribution in [2.45, 2.75) is 123 Å². The van der Waals surface area contributed by atoms with Crippen LogP contribution >= 0.6 is 22.7 Å². The molecule has 3 atom stereocenters. The monoisotopic (exact) mass is 1400 g/mol. The Morgan fingerprint density at radius 3 is 1.28 bits per heavy atom. The number of esters is 3. The highest BCUT2D eigenvalue weighted by molar-refractivity contribution is 7.11. The number of hydrogen-bond donors (Lipinski definition) is 5. The molecule has 0 aliphatic heterocycles. The van der Waals surface area contributed by atoms with E-state index in [1.807, 2.05) is 115 Å². The van der Waals surface area contributed by atoms with E-state index >= 15 is 0 Å². The van der Waals surface area contributed by atoms with Gasteiger partial charge in [0.15, 0.2) is 29.8 Å². The summed E-state index contributed by atoms with van der Waals surface area (Å²) in [5.74, 6) is -2.06. The fraction of sp³-hybridized carbons (Fsp3) is 0.295. The molecule has 5 aromatic heterocycles. The number of para-hydroxylation sites is 3. The molecule has 3 unspecified atom stereocenters. The van der Waals surface area contributed by atoms with Crippen molar-refractivity contribution in [2.24, 2.45) is 0 Å². The molecule has 5 heterocycles. The van der Waals surface area contributed by atoms with Crippen molar-refractivity contribution in [3.05, 3.63) is 192 Å². The normalized spacial score (nSPS) is 15.6. The number of pyridine rings is 3. The fourth-order valence-corrected chi connectivity index (χ4v) is 13.7. The number of nitrogens with one attached hydrogen (secondary N) is 5. The summed E-state index contributed by atoms with van der Waals surface area (Å²) in [7, 11) is 3.17. The van der Waals surface area contributed by atoms with Crippen LogP contribution in [0, 0.1) is 0 Å². The van der Waals surface area contributed by atoms with E-state index in [-0.39, 0.29) is 11.9 Å². The standard InChI is InChI=1S/C28H29N3O6.C25H25N3O4S.C25H24N2O3S/c1-5-29-28(34)31-26(32)16(2)37-27(33)24-19-8-6-7-9-21(19)30-25-18(11-12-20(24)25)14-17-10-13-22(35-3)23(15-17)36-4;1-3-26-25(31)28-23(29)15(2)32-24(30)21-18-10-4-5-12-20(18)27-22-16(8-6-11-19(21)22)14-17-9-7-13-33-17;1-15(24(28)26-17-11-12-17)30-25(29)22-19-8-2-3-10-21(19)27-23-16(6-4-9-20(22)23)14-18-7-5-13-31-18/h6-10,13-16H,5,11-12H2,1-4H3,(H2,29,31,32,34);4-5,7,9-10,12-15H,3,6,8,11H2,1-2H3,(H2,26,28,29,31);2-3,5,7-8,10,13-15,17H,4,6,9,11-12H2,1H3,(H,26,28)/b18-14+;16-14-;16-14+. The van der Waals surface area contributed by atoms with E-state index in [1.54, 1.807) is 57.7 Å². The lowest BCUT2D eigenvalue weighted by molar-refractivity contribution is -0.129. The number of carbonyl (C=O) groups is 8. The van der Waals surface area contributed by atoms with Gasteiger partial charge in [-0.2, -0.15) is 0 Å². The summed E-state index contributed by atoms with van der Waals surface area (Å²) in [5, 5.41) is 18.4. The van der Waals surface area contributed by atoms with Gasteiger partial charge >= 0.3 is 30.0 Å². The average molecular weight is 1400 g/mol. The minimum atomic E-state index is -1.17. The zero-order chi connectivity index (χ0) is 71.3. The zero-order valence-corrected chi connectivity index (χ0v) is 58.7. The van der Waals surface area contributed by atoms with Crippen molar-refractivity contribution in [1.29, 1.82) is 0 Å². The largest absolute Gasteiger partial charge is 0.493 e. The van der Waals surface area contributed by atoms with Gasteiger partial charge in [-0.25, -0.2) is 38.9 Å². The predicted molar refractivity (Wildman–Crippen MR) is 391 cm³/mol. The highest BCUT2D eigenvalue weighted by Crippen LogP contribution is 2.42. The molecule has 5 N–H and O–H groups in total. The molecule has 23 heteroatoms. The number of nitrogens with zero attached hydrogens (tertiary/aromatic N) is 3. The van der Waals surface area contributed by atoms with Crippen LogP contribution < -0.4 is 36.1 Å². The maximum atomic E-state index is 13.4. The minimum absolute atomic E-state index is 0.230. The number of ether oxygens (including phenoxy) is 5. The van der Waals surface area contributed by atoms with Gasteiger partial charge in [-0.1, -0.05) is 72.8 Å². The van der Waals surface area contributed by atoms with Crippen LogP contribution in [0.3, 0.4) is 0 Å². The van der Waals surface area contributed by atoms with Gasteiger partial charge in [0, 0.05) is 45.0 Å². The summed E-state index contributed by atoms with van der Waals surface area (Å²) in [6.45, 7) is 8.73. The van der Waals surface area contributed by atoms with Crippen LogP contribution in [0.25, 0.3) is 67.7 Å². The highest BCUT2D eigenvalue weighted by atomic mass is 32.1. The number of amides is 7. The van der Waals surface area contributed by atoms with Gasteiger partial charge in [0.25, 0.3) is 17.7 Å². The SMILES string of the molecule is CC(OC(=O)c1c2c(nc3ccccc13)/C(=C/c1cccs1)CCC2)C(=O)NC1CC1.CCNC(=O)NC(=O)C(C)OC(=O)c1c2c(nc3ccccc13)/C(=C/c1ccc(OC)c(OC)c1)CC2.CCNC(=O)NC(=O)C(C)OC(=O)c1c2c(nc3ccccc13)/C(=C\c1cccs1)CCC2. The van der Waals surface area contributed by atoms with Crippen LogP contribution in [0.5, 0.6) is 11.5 Å². The zero-order valence-electron chi connectivity index (χ0n) is 57.1. The minimum Gasteiger partial charge on any atom is -0.493 e. The summed E-state index contributed by atoms with van der Waals surface area (Å²) in [6.07, 6.45) is 11.5. The third-order valence-electron chi connectivity index (χ3n) is 17.4. The van der Waals surface area contributed by atoms with Gasteiger partial charge in [0.1, 0.15) is 0 Å². The van der Waals surface area contributed by atoms with Crippen LogP contribution in [0.4, 0.5) is 9.59 Å². The van der Waals surface area contributed by atoms with Crippen molar-refractivity contribution in [3.8, 4) is 11.5 Å². The van der Waals surface area contributed by atoms with Crippen molar-refractivity contribution in [3.63, 3.8) is 0 Å². The number of rotatable bonds is 17. The fourth-order valence-electron chi connectivity index (χ4n) is 12.4. The molecule has 0 radical (unpaired) electrons. The molecule has 101 heavy (non-hydrogen) atoms. The van der Waals surface area contributed by atoms with Crippen LogP contribution in [-0.4, -0.2) is 114 Å². The molecule has 13 rings (SSSR count). The molecule has 520 valence electrons. The molecule has 0 saturated heterocycles. The van der Waals surface area contributed by atoms with Gasteiger partial charge in [-0.15, -0.1) is 22.7 Å². The van der Waals surface area contributed by atoms with Gasteiger partial charge in [-0.05, 0) is 209 Å². The van der Waals surface area contributed by atoms with E-state index in [4.69, 9.17) is 38.6 Å². The van der Waals surface area contributed by atoms with Crippen LogP contribution in [-0.2, 0) is 47.9 Å². The summed E-state index contributed by atoms with van der Waals surface area (Å²) in [5.41, 5.74) is 12.5. The highest BCUT2D eigenvalue weighted by Gasteiger charge is 2.34. The summed E-state index contributed by atoms with van der Waals surface area (Å²) < 4.78 is 27.4. The quantitative estimate of drug-likeness (QED) is 0.0418. The van der Waals surface area contributed by atoms with E-state index in [2.05, 4.69) is 56.2 Å². The van der Waals surface area contributed by atoms with Crippen molar-refractivity contribution in [1.82, 2.24) is 41.5 Å². The maximum absolute atomic E-state index is 13.4. The number of allylic oxidation sites excluding steroid dienone is 3. The lowest BCUT2D eigenvalue weighted by Gasteiger charge is -2.23. The van der Waals surface area contributed by atoms with E-state index in [0.29, 0.717) is 82.3 Å². The first-order valence-corrected chi connectivity index (χ1v) is 35.5. The number of thiophene rings is 2. The topological polar surface area (TPSA) is 282 Å². The van der Waals surface area contributed by atoms with Crippen LogP contribution in [0.15, 0.2) is 126 Å². The molecule has 4 aliphatic rings. The third kappa shape index (κ3) is 17.0. The second-order valence-corrected chi connectivity index (χ2v) is 26.4. The lowest BCUT2D eigenvalue weighted by atomic mass is 9.86. The molecular weight excluding hydrogens is 1320 g/mol. The summed E-state index contributed by atoms with van der Waals surface area (Å²) in [6, 6.07) is 35.2. The summed E-state index contributed by atoms with van der Waals surface area (Å²) >= 11 is 3.34.